The Kier molecular flexibility index (Phi) is 4.91. The zero-order chi connectivity index (χ0) is 17.9. The average molecular weight is 349 g/mol. The third kappa shape index (κ3) is 3.92. The van der Waals surface area contributed by atoms with E-state index >= 15 is 0 Å². The van der Waals surface area contributed by atoms with Crippen LogP contribution in [-0.4, -0.2) is 31.7 Å². The number of phenols is 1. The predicted octanol–water partition coefficient (Wildman–Crippen LogP) is 1.67. The van der Waals surface area contributed by atoms with Gasteiger partial charge >= 0.3 is 5.97 Å². The summed E-state index contributed by atoms with van der Waals surface area (Å²) >= 11 is 0. The van der Waals surface area contributed by atoms with Gasteiger partial charge in [0, 0.05) is 0 Å². The van der Waals surface area contributed by atoms with Crippen molar-refractivity contribution in [1.29, 1.82) is 0 Å². The van der Waals surface area contributed by atoms with E-state index < -0.39 is 16.0 Å². The molecule has 0 saturated carbocycles. The minimum absolute atomic E-state index is 0.0689. The summed E-state index contributed by atoms with van der Waals surface area (Å²) < 4.78 is 27.4. The maximum absolute atomic E-state index is 11.5. The largest absolute Gasteiger partial charge is 0.504 e. The molecular weight excluding hydrogens is 334 g/mol. The predicted molar refractivity (Wildman–Crippen MR) is 88.0 cm³/mol. The second kappa shape index (κ2) is 6.73. The monoisotopic (exact) mass is 349 g/mol. The van der Waals surface area contributed by atoms with Crippen molar-refractivity contribution in [1.82, 2.24) is 0 Å². The maximum atomic E-state index is 11.5. The number of hydrogen-bond donors (Lipinski definition) is 3. The first-order valence-electron chi connectivity index (χ1n) is 6.67. The molecule has 2 aromatic carbocycles. The minimum atomic E-state index is -3.85. The van der Waals surface area contributed by atoms with Gasteiger partial charge in [0.1, 0.15) is 0 Å². The molecule has 0 aliphatic heterocycles. The zero-order valence-corrected chi connectivity index (χ0v) is 13.4. The quantitative estimate of drug-likeness (QED) is 0.557. The molecule has 0 radical (unpaired) electrons. The summed E-state index contributed by atoms with van der Waals surface area (Å²) in [7, 11) is -2.45. The smallest absolute Gasteiger partial charge is 0.336 e. The molecule has 7 nitrogen and oxygen atoms in total. The normalized spacial score (nSPS) is 12.0. The molecule has 0 aliphatic rings. The Balaban J connectivity index is 2.46. The number of aromatic hydroxyl groups is 1. The number of benzene rings is 2. The van der Waals surface area contributed by atoms with Crippen molar-refractivity contribution in [3.63, 3.8) is 0 Å². The van der Waals surface area contributed by atoms with Crippen LogP contribution in [0, 0.1) is 0 Å². The van der Waals surface area contributed by atoms with E-state index in [2.05, 4.69) is 0 Å². The first kappa shape index (κ1) is 17.5. The summed E-state index contributed by atoms with van der Waals surface area (Å²) in [5, 5.41) is 24.2. The van der Waals surface area contributed by atoms with E-state index in [-0.39, 0.29) is 22.0 Å². The molecule has 0 fully saturated rings. The van der Waals surface area contributed by atoms with Crippen LogP contribution in [0.4, 0.5) is 0 Å². The number of hydrogen-bond acceptors (Lipinski definition) is 5. The van der Waals surface area contributed by atoms with Crippen LogP contribution in [0.25, 0.3) is 11.6 Å². The van der Waals surface area contributed by atoms with Crippen LogP contribution < -0.4 is 9.88 Å². The highest BCUT2D eigenvalue weighted by atomic mass is 32.2. The highest BCUT2D eigenvalue weighted by molar-refractivity contribution is 7.89. The van der Waals surface area contributed by atoms with Gasteiger partial charge in [0.05, 0.1) is 17.6 Å². The molecule has 8 heteroatoms. The van der Waals surface area contributed by atoms with Crippen LogP contribution in [0.15, 0.2) is 47.4 Å². The van der Waals surface area contributed by atoms with Gasteiger partial charge in [-0.25, -0.2) is 18.4 Å². The maximum Gasteiger partial charge on any atom is 0.336 e. The molecule has 2 aromatic rings. The molecule has 4 N–H and O–H groups in total. The minimum Gasteiger partial charge on any atom is -0.504 e. The number of sulfonamides is 1. The SMILES string of the molecule is COc1ccc(/C=C(/C(=O)O)c2ccc(S(N)(=O)=O)cc2)cc1O. The van der Waals surface area contributed by atoms with Crippen LogP contribution in [0.2, 0.25) is 0 Å². The molecule has 0 aliphatic carbocycles. The number of ether oxygens (including phenoxy) is 1. The van der Waals surface area contributed by atoms with Crippen molar-refractivity contribution in [2.75, 3.05) is 7.11 Å². The van der Waals surface area contributed by atoms with E-state index in [4.69, 9.17) is 9.88 Å². The second-order valence-corrected chi connectivity index (χ2v) is 6.43. The Morgan fingerprint density at radius 2 is 1.79 bits per heavy atom. The molecular formula is C16H15NO6S. The molecule has 2 rings (SSSR count). The summed E-state index contributed by atoms with van der Waals surface area (Å²) in [5.74, 6) is -1.06. The lowest BCUT2D eigenvalue weighted by molar-refractivity contribution is -0.130. The highest BCUT2D eigenvalue weighted by Crippen LogP contribution is 2.28. The molecule has 0 unspecified atom stereocenters. The molecule has 0 atom stereocenters. The van der Waals surface area contributed by atoms with Crippen LogP contribution in [-0.2, 0) is 14.8 Å². The van der Waals surface area contributed by atoms with Crippen molar-refractivity contribution in [3.8, 4) is 11.5 Å². The second-order valence-electron chi connectivity index (χ2n) is 4.86. The van der Waals surface area contributed by atoms with E-state index in [0.29, 0.717) is 11.1 Å². The van der Waals surface area contributed by atoms with E-state index in [1.165, 1.54) is 49.6 Å². The number of carboxylic acids is 1. The molecule has 0 amide bonds. The lowest BCUT2D eigenvalue weighted by atomic mass is 10.0. The van der Waals surface area contributed by atoms with Crippen molar-refractivity contribution < 1.29 is 28.2 Å². The summed E-state index contributed by atoms with van der Waals surface area (Å²) in [4.78, 5) is 11.4. The number of carbonyl (C=O) groups is 1. The number of aliphatic carboxylic acids is 1. The number of carboxylic acid groups (broad SMARTS) is 1. The zero-order valence-electron chi connectivity index (χ0n) is 12.6. The van der Waals surface area contributed by atoms with Crippen molar-refractivity contribution >= 4 is 27.6 Å². The van der Waals surface area contributed by atoms with E-state index in [1.807, 2.05) is 0 Å². The summed E-state index contributed by atoms with van der Waals surface area (Å²) in [6.07, 6.45) is 1.35. The van der Waals surface area contributed by atoms with E-state index in [1.54, 1.807) is 6.07 Å². The van der Waals surface area contributed by atoms with Gasteiger partial charge in [-0.05, 0) is 41.5 Å². The lowest BCUT2D eigenvalue weighted by Gasteiger charge is -2.07. The molecule has 0 spiro atoms. The van der Waals surface area contributed by atoms with Gasteiger partial charge in [-0.2, -0.15) is 0 Å². The first-order chi connectivity index (χ1) is 11.2. The van der Waals surface area contributed by atoms with Crippen LogP contribution in [0.1, 0.15) is 11.1 Å². The number of methoxy groups -OCH3 is 1. The van der Waals surface area contributed by atoms with E-state index in [0.717, 1.165) is 0 Å². The molecule has 0 saturated heterocycles. The van der Waals surface area contributed by atoms with Crippen molar-refractivity contribution in [2.45, 2.75) is 4.90 Å². The third-order valence-electron chi connectivity index (χ3n) is 3.24. The Morgan fingerprint density at radius 1 is 1.17 bits per heavy atom. The van der Waals surface area contributed by atoms with Crippen LogP contribution in [0.5, 0.6) is 11.5 Å². The highest BCUT2D eigenvalue weighted by Gasteiger charge is 2.13. The van der Waals surface area contributed by atoms with Gasteiger partial charge in [-0.15, -0.1) is 0 Å². The fraction of sp³-hybridized carbons (Fsp3) is 0.0625. The van der Waals surface area contributed by atoms with Gasteiger partial charge in [0.25, 0.3) is 0 Å². The number of rotatable bonds is 5. The summed E-state index contributed by atoms with van der Waals surface area (Å²) in [6, 6.07) is 9.61. The molecule has 126 valence electrons. The van der Waals surface area contributed by atoms with Gasteiger partial charge in [0.2, 0.25) is 10.0 Å². The number of nitrogens with two attached hydrogens (primary N) is 1. The van der Waals surface area contributed by atoms with E-state index in [9.17, 15) is 23.4 Å². The molecule has 24 heavy (non-hydrogen) atoms. The van der Waals surface area contributed by atoms with Crippen LogP contribution in [0.3, 0.4) is 0 Å². The van der Waals surface area contributed by atoms with Crippen molar-refractivity contribution in [3.05, 3.63) is 53.6 Å². The topological polar surface area (TPSA) is 127 Å². The third-order valence-corrected chi connectivity index (χ3v) is 4.17. The molecule has 0 aromatic heterocycles. The Labute approximate surface area is 138 Å². The number of phenolic OH excluding ortho intramolecular Hbond substituents is 1. The fourth-order valence-corrected chi connectivity index (χ4v) is 2.57. The fourth-order valence-electron chi connectivity index (χ4n) is 2.06. The average Bonchev–Trinajstić information content (AvgIpc) is 2.52. The summed E-state index contributed by atoms with van der Waals surface area (Å²) in [5.41, 5.74) is 0.673. The van der Waals surface area contributed by atoms with Gasteiger partial charge in [-0.3, -0.25) is 0 Å². The van der Waals surface area contributed by atoms with Crippen molar-refractivity contribution in [2.24, 2.45) is 5.14 Å². The number of primary sulfonamides is 1. The molecule has 0 bridgehead atoms. The Bertz CT molecular complexity index is 901. The van der Waals surface area contributed by atoms with Gasteiger partial charge in [0.15, 0.2) is 11.5 Å². The Hall–Kier alpha value is -2.84. The van der Waals surface area contributed by atoms with Gasteiger partial charge < -0.3 is 14.9 Å². The Morgan fingerprint density at radius 3 is 2.25 bits per heavy atom. The first-order valence-corrected chi connectivity index (χ1v) is 8.22. The molecule has 0 heterocycles. The standard InChI is InChI=1S/C16H15NO6S/c1-23-15-7-2-10(9-14(15)18)8-13(16(19)20)11-3-5-12(6-4-11)24(17,21)22/h2-9,18H,1H3,(H,19,20)(H2,17,21,22)/b13-8+. The lowest BCUT2D eigenvalue weighted by Crippen LogP contribution is -2.12. The van der Waals surface area contributed by atoms with Gasteiger partial charge in [-0.1, -0.05) is 18.2 Å². The summed E-state index contributed by atoms with van der Waals surface area (Å²) in [6.45, 7) is 0. The van der Waals surface area contributed by atoms with Crippen LogP contribution >= 0.6 is 0 Å².